The third-order valence-electron chi connectivity index (χ3n) is 4.39. The summed E-state index contributed by atoms with van der Waals surface area (Å²) in [6.45, 7) is 4.69. The van der Waals surface area contributed by atoms with Gasteiger partial charge < -0.3 is 15.4 Å². The number of nitrogens with zero attached hydrogens (tertiary/aromatic N) is 1. The molecule has 2 aromatic rings. The fraction of sp³-hybridized carbons (Fsp3) is 0.333. The molecule has 0 aromatic heterocycles. The van der Waals surface area contributed by atoms with Gasteiger partial charge in [-0.1, -0.05) is 24.3 Å². The fourth-order valence-corrected chi connectivity index (χ4v) is 2.65. The van der Waals surface area contributed by atoms with Crippen molar-refractivity contribution in [2.75, 3.05) is 37.9 Å². The fourth-order valence-electron chi connectivity index (χ4n) is 2.65. The molecule has 0 aliphatic rings. The van der Waals surface area contributed by atoms with Gasteiger partial charge in [0.1, 0.15) is 5.75 Å². The lowest BCUT2D eigenvalue weighted by Crippen LogP contribution is -2.32. The van der Waals surface area contributed by atoms with Crippen LogP contribution < -0.4 is 15.4 Å². The van der Waals surface area contributed by atoms with Crippen LogP contribution in [0, 0.1) is 13.8 Å². The van der Waals surface area contributed by atoms with Crippen molar-refractivity contribution in [3.8, 4) is 5.75 Å². The SMILES string of the molecule is COc1ccccc1NC(=O)CCN(C)CC(=O)Nc1cccc(C)c1C. The van der Waals surface area contributed by atoms with E-state index in [1.165, 1.54) is 0 Å². The van der Waals surface area contributed by atoms with Crippen molar-refractivity contribution in [1.29, 1.82) is 0 Å². The Kier molecular flexibility index (Phi) is 7.37. The van der Waals surface area contributed by atoms with Crippen LogP contribution >= 0.6 is 0 Å². The van der Waals surface area contributed by atoms with Crippen molar-refractivity contribution >= 4 is 23.2 Å². The van der Waals surface area contributed by atoms with Crippen LogP contribution in [0.2, 0.25) is 0 Å². The number of aryl methyl sites for hydroxylation is 1. The Morgan fingerprint density at radius 3 is 2.37 bits per heavy atom. The zero-order valence-corrected chi connectivity index (χ0v) is 16.3. The number of hydrogen-bond donors (Lipinski definition) is 2. The van der Waals surface area contributed by atoms with Gasteiger partial charge in [-0.3, -0.25) is 14.5 Å². The summed E-state index contributed by atoms with van der Waals surface area (Å²) in [5.74, 6) is 0.393. The number of methoxy groups -OCH3 is 1. The molecule has 2 aromatic carbocycles. The summed E-state index contributed by atoms with van der Waals surface area (Å²) >= 11 is 0. The van der Waals surface area contributed by atoms with Gasteiger partial charge in [0.2, 0.25) is 11.8 Å². The van der Waals surface area contributed by atoms with Crippen LogP contribution in [0.4, 0.5) is 11.4 Å². The van der Waals surface area contributed by atoms with E-state index in [9.17, 15) is 9.59 Å². The molecule has 0 fully saturated rings. The Balaban J connectivity index is 1.79. The molecule has 0 radical (unpaired) electrons. The normalized spacial score (nSPS) is 10.6. The molecular weight excluding hydrogens is 342 g/mol. The molecule has 0 aliphatic carbocycles. The predicted molar refractivity (Wildman–Crippen MR) is 108 cm³/mol. The minimum Gasteiger partial charge on any atom is -0.495 e. The highest BCUT2D eigenvalue weighted by Crippen LogP contribution is 2.23. The van der Waals surface area contributed by atoms with Crippen LogP contribution in [0.3, 0.4) is 0 Å². The molecule has 0 saturated heterocycles. The minimum atomic E-state index is -0.124. The van der Waals surface area contributed by atoms with Crippen LogP contribution in [0.15, 0.2) is 42.5 Å². The van der Waals surface area contributed by atoms with E-state index in [2.05, 4.69) is 10.6 Å². The first-order valence-electron chi connectivity index (χ1n) is 8.88. The lowest BCUT2D eigenvalue weighted by Gasteiger charge is -2.17. The summed E-state index contributed by atoms with van der Waals surface area (Å²) in [6.07, 6.45) is 0.283. The average Bonchev–Trinajstić information content (AvgIpc) is 2.64. The molecule has 0 saturated carbocycles. The number of para-hydroxylation sites is 2. The van der Waals surface area contributed by atoms with Crippen molar-refractivity contribution in [2.24, 2.45) is 0 Å². The summed E-state index contributed by atoms with van der Waals surface area (Å²) < 4.78 is 5.22. The highest BCUT2D eigenvalue weighted by atomic mass is 16.5. The van der Waals surface area contributed by atoms with Gasteiger partial charge in [0.25, 0.3) is 0 Å². The molecule has 2 amide bonds. The lowest BCUT2D eigenvalue weighted by molar-refractivity contribution is -0.119. The predicted octanol–water partition coefficient (Wildman–Crippen LogP) is 3.21. The van der Waals surface area contributed by atoms with Gasteiger partial charge in [0.15, 0.2) is 0 Å². The molecule has 27 heavy (non-hydrogen) atoms. The second kappa shape index (κ2) is 9.73. The summed E-state index contributed by atoms with van der Waals surface area (Å²) in [5.41, 5.74) is 3.65. The molecule has 0 spiro atoms. The molecular formula is C21H27N3O3. The molecule has 2 rings (SSSR count). The van der Waals surface area contributed by atoms with E-state index in [4.69, 9.17) is 4.74 Å². The Bertz CT molecular complexity index is 805. The maximum Gasteiger partial charge on any atom is 0.238 e. The molecule has 0 heterocycles. The Morgan fingerprint density at radius 2 is 1.63 bits per heavy atom. The number of hydrogen-bond acceptors (Lipinski definition) is 4. The molecule has 144 valence electrons. The monoisotopic (exact) mass is 369 g/mol. The number of likely N-dealkylation sites (N-methyl/N-ethyl adjacent to an activating group) is 1. The van der Waals surface area contributed by atoms with Gasteiger partial charge in [-0.15, -0.1) is 0 Å². The van der Waals surface area contributed by atoms with Gasteiger partial charge in [-0.2, -0.15) is 0 Å². The number of rotatable bonds is 8. The Labute approximate surface area is 160 Å². The highest BCUT2D eigenvalue weighted by molar-refractivity contribution is 5.94. The van der Waals surface area contributed by atoms with Crippen LogP contribution in [0.25, 0.3) is 0 Å². The molecule has 0 aliphatic heterocycles. The largest absolute Gasteiger partial charge is 0.495 e. The average molecular weight is 369 g/mol. The number of ether oxygens (including phenoxy) is 1. The topological polar surface area (TPSA) is 70.7 Å². The van der Waals surface area contributed by atoms with Crippen molar-refractivity contribution < 1.29 is 14.3 Å². The van der Waals surface area contributed by atoms with Gasteiger partial charge >= 0.3 is 0 Å². The standard InChI is InChI=1S/C21H27N3O3/c1-15-8-7-10-17(16(15)2)22-21(26)14-24(3)13-12-20(25)23-18-9-5-6-11-19(18)27-4/h5-11H,12-14H2,1-4H3,(H,22,26)(H,23,25). The number of nitrogens with one attached hydrogen (secondary N) is 2. The smallest absolute Gasteiger partial charge is 0.238 e. The number of amides is 2. The first-order valence-corrected chi connectivity index (χ1v) is 8.88. The van der Waals surface area contributed by atoms with Crippen LogP contribution in [-0.4, -0.2) is 44.0 Å². The van der Waals surface area contributed by atoms with E-state index in [0.717, 1.165) is 16.8 Å². The maximum atomic E-state index is 12.2. The molecule has 0 unspecified atom stereocenters. The molecule has 6 heteroatoms. The van der Waals surface area contributed by atoms with E-state index in [1.54, 1.807) is 19.2 Å². The minimum absolute atomic E-state index is 0.101. The van der Waals surface area contributed by atoms with Gasteiger partial charge in [0.05, 0.1) is 19.3 Å². The third kappa shape index (κ3) is 6.11. The number of benzene rings is 2. The summed E-state index contributed by atoms with van der Waals surface area (Å²) in [6, 6.07) is 13.1. The quantitative estimate of drug-likeness (QED) is 0.750. The summed E-state index contributed by atoms with van der Waals surface area (Å²) in [7, 11) is 3.38. The zero-order valence-electron chi connectivity index (χ0n) is 16.3. The highest BCUT2D eigenvalue weighted by Gasteiger charge is 2.12. The maximum absolute atomic E-state index is 12.2. The molecule has 0 atom stereocenters. The van der Waals surface area contributed by atoms with Gasteiger partial charge in [0, 0.05) is 18.7 Å². The second-order valence-electron chi connectivity index (χ2n) is 6.53. The van der Waals surface area contributed by atoms with Crippen molar-refractivity contribution in [3.63, 3.8) is 0 Å². The Hall–Kier alpha value is -2.86. The number of carbonyl (C=O) groups is 2. The zero-order chi connectivity index (χ0) is 19.8. The van der Waals surface area contributed by atoms with E-state index < -0.39 is 0 Å². The third-order valence-corrected chi connectivity index (χ3v) is 4.39. The van der Waals surface area contributed by atoms with Crippen molar-refractivity contribution in [1.82, 2.24) is 4.90 Å². The van der Waals surface area contributed by atoms with E-state index in [-0.39, 0.29) is 24.8 Å². The lowest BCUT2D eigenvalue weighted by atomic mass is 10.1. The van der Waals surface area contributed by atoms with E-state index in [0.29, 0.717) is 18.0 Å². The van der Waals surface area contributed by atoms with E-state index >= 15 is 0 Å². The van der Waals surface area contributed by atoms with Crippen LogP contribution in [0.1, 0.15) is 17.5 Å². The molecule has 0 bridgehead atoms. The molecule has 2 N–H and O–H groups in total. The van der Waals surface area contributed by atoms with Gasteiger partial charge in [-0.05, 0) is 50.2 Å². The first kappa shape index (κ1) is 20.5. The van der Waals surface area contributed by atoms with Crippen molar-refractivity contribution in [2.45, 2.75) is 20.3 Å². The number of anilines is 2. The molecule has 6 nitrogen and oxygen atoms in total. The van der Waals surface area contributed by atoms with Gasteiger partial charge in [-0.25, -0.2) is 0 Å². The van der Waals surface area contributed by atoms with Crippen molar-refractivity contribution in [3.05, 3.63) is 53.6 Å². The van der Waals surface area contributed by atoms with Crippen LogP contribution in [-0.2, 0) is 9.59 Å². The van der Waals surface area contributed by atoms with E-state index in [1.807, 2.05) is 56.1 Å². The summed E-state index contributed by atoms with van der Waals surface area (Å²) in [4.78, 5) is 26.2. The number of carbonyl (C=O) groups excluding carboxylic acids is 2. The second-order valence-corrected chi connectivity index (χ2v) is 6.53. The Morgan fingerprint density at radius 1 is 0.963 bits per heavy atom. The first-order chi connectivity index (χ1) is 12.9. The van der Waals surface area contributed by atoms with Crippen LogP contribution in [0.5, 0.6) is 5.75 Å². The summed E-state index contributed by atoms with van der Waals surface area (Å²) in [5, 5.41) is 5.76.